The van der Waals surface area contributed by atoms with Crippen molar-refractivity contribution in [3.8, 4) is 0 Å². The quantitative estimate of drug-likeness (QED) is 0.675. The first-order chi connectivity index (χ1) is 12.1. The maximum absolute atomic E-state index is 13.0. The summed E-state index contributed by atoms with van der Waals surface area (Å²) in [6.45, 7) is 9.80. The van der Waals surface area contributed by atoms with E-state index in [2.05, 4.69) is 18.9 Å². The monoisotopic (exact) mass is 385 g/mol. The second kappa shape index (κ2) is 8.52. The highest BCUT2D eigenvalue weighted by Gasteiger charge is 2.34. The third kappa shape index (κ3) is 5.07. The lowest BCUT2D eigenvalue weighted by Crippen LogP contribution is -2.44. The lowest BCUT2D eigenvalue weighted by molar-refractivity contribution is -0.133. The van der Waals surface area contributed by atoms with Crippen molar-refractivity contribution in [1.82, 2.24) is 14.7 Å². The van der Waals surface area contributed by atoms with Crippen LogP contribution in [0.15, 0.2) is 0 Å². The molecule has 1 aromatic heterocycles. The number of amides is 1. The SMILES string of the molecule is COCCN(C(=O)Cc1c(C)nn(CC(C)C)c1C)C1CCS(=O)(=O)C1. The molecule has 1 unspecified atom stereocenters. The number of aromatic nitrogens is 2. The van der Waals surface area contributed by atoms with E-state index in [1.54, 1.807) is 12.0 Å². The van der Waals surface area contributed by atoms with Crippen molar-refractivity contribution >= 4 is 15.7 Å². The van der Waals surface area contributed by atoms with E-state index < -0.39 is 9.84 Å². The number of sulfone groups is 1. The highest BCUT2D eigenvalue weighted by Crippen LogP contribution is 2.21. The molecule has 1 amide bonds. The molecule has 2 heterocycles. The van der Waals surface area contributed by atoms with Crippen LogP contribution in [0, 0.1) is 19.8 Å². The third-order valence-electron chi connectivity index (χ3n) is 4.90. The minimum absolute atomic E-state index is 0.0486. The number of nitrogens with zero attached hydrogens (tertiary/aromatic N) is 3. The lowest BCUT2D eigenvalue weighted by atomic mass is 10.1. The Morgan fingerprint density at radius 1 is 1.38 bits per heavy atom. The summed E-state index contributed by atoms with van der Waals surface area (Å²) in [6.07, 6.45) is 0.748. The molecule has 0 bridgehead atoms. The molecule has 0 aliphatic carbocycles. The van der Waals surface area contributed by atoms with Gasteiger partial charge < -0.3 is 9.64 Å². The molecular weight excluding hydrogens is 354 g/mol. The van der Waals surface area contributed by atoms with E-state index in [-0.39, 0.29) is 29.9 Å². The van der Waals surface area contributed by atoms with Crippen molar-refractivity contribution in [2.45, 2.75) is 53.1 Å². The first kappa shape index (κ1) is 20.9. The minimum Gasteiger partial charge on any atom is -0.383 e. The molecule has 0 saturated carbocycles. The number of hydrogen-bond donors (Lipinski definition) is 0. The summed E-state index contributed by atoms with van der Waals surface area (Å²) in [6, 6.07) is -0.256. The summed E-state index contributed by atoms with van der Waals surface area (Å²) >= 11 is 0. The van der Waals surface area contributed by atoms with Gasteiger partial charge in [0.1, 0.15) is 0 Å². The maximum atomic E-state index is 13.0. The lowest BCUT2D eigenvalue weighted by Gasteiger charge is -2.28. The van der Waals surface area contributed by atoms with Gasteiger partial charge in [-0.2, -0.15) is 5.10 Å². The number of methoxy groups -OCH3 is 1. The molecule has 1 aromatic rings. The Morgan fingerprint density at radius 3 is 2.62 bits per heavy atom. The number of ether oxygens (including phenoxy) is 1. The van der Waals surface area contributed by atoms with Crippen LogP contribution in [-0.4, -0.2) is 66.8 Å². The first-order valence-electron chi connectivity index (χ1n) is 9.16. The molecule has 1 atom stereocenters. The molecule has 1 saturated heterocycles. The maximum Gasteiger partial charge on any atom is 0.227 e. The van der Waals surface area contributed by atoms with E-state index in [4.69, 9.17) is 4.74 Å². The Morgan fingerprint density at radius 2 is 2.08 bits per heavy atom. The fourth-order valence-corrected chi connectivity index (χ4v) is 5.22. The molecule has 1 aliphatic rings. The molecule has 0 radical (unpaired) electrons. The van der Waals surface area contributed by atoms with Gasteiger partial charge in [-0.3, -0.25) is 9.48 Å². The highest BCUT2D eigenvalue weighted by molar-refractivity contribution is 7.91. The van der Waals surface area contributed by atoms with Crippen LogP contribution in [0.2, 0.25) is 0 Å². The van der Waals surface area contributed by atoms with Gasteiger partial charge in [0.25, 0.3) is 0 Å². The van der Waals surface area contributed by atoms with Crippen molar-refractivity contribution in [2.24, 2.45) is 5.92 Å². The van der Waals surface area contributed by atoms with Gasteiger partial charge in [-0.1, -0.05) is 13.8 Å². The molecule has 1 aliphatic heterocycles. The second-order valence-corrected chi connectivity index (χ2v) is 9.77. The Hall–Kier alpha value is -1.41. The van der Waals surface area contributed by atoms with Gasteiger partial charge in [0.2, 0.25) is 5.91 Å². The number of carbonyl (C=O) groups is 1. The van der Waals surface area contributed by atoms with E-state index in [9.17, 15) is 13.2 Å². The van der Waals surface area contributed by atoms with E-state index in [1.807, 2.05) is 18.5 Å². The van der Waals surface area contributed by atoms with Crippen molar-refractivity contribution in [3.05, 3.63) is 17.0 Å². The molecule has 2 rings (SSSR count). The average Bonchev–Trinajstić information content (AvgIpc) is 3.01. The minimum atomic E-state index is -3.05. The number of hydrogen-bond acceptors (Lipinski definition) is 5. The molecule has 26 heavy (non-hydrogen) atoms. The molecule has 7 nitrogen and oxygen atoms in total. The van der Waals surface area contributed by atoms with Crippen LogP contribution in [0.5, 0.6) is 0 Å². The van der Waals surface area contributed by atoms with Crippen LogP contribution in [0.4, 0.5) is 0 Å². The molecule has 8 heteroatoms. The van der Waals surface area contributed by atoms with Crippen molar-refractivity contribution in [3.63, 3.8) is 0 Å². The standard InChI is InChI=1S/C18H31N3O4S/c1-13(2)11-21-15(4)17(14(3)19-21)10-18(22)20(7-8-25-5)16-6-9-26(23,24)12-16/h13,16H,6-12H2,1-5H3. The van der Waals surface area contributed by atoms with Gasteiger partial charge in [-0.05, 0) is 26.2 Å². The predicted octanol–water partition coefficient (Wildman–Crippen LogP) is 1.36. The van der Waals surface area contributed by atoms with E-state index in [0.29, 0.717) is 25.5 Å². The number of rotatable bonds is 8. The predicted molar refractivity (Wildman–Crippen MR) is 101 cm³/mol. The summed E-state index contributed by atoms with van der Waals surface area (Å²) in [5.74, 6) is 0.615. The Balaban J connectivity index is 2.18. The van der Waals surface area contributed by atoms with Crippen LogP contribution in [0.25, 0.3) is 0 Å². The van der Waals surface area contributed by atoms with E-state index in [1.165, 1.54) is 0 Å². The number of aryl methyl sites for hydroxylation is 1. The zero-order valence-electron chi connectivity index (χ0n) is 16.5. The third-order valence-corrected chi connectivity index (χ3v) is 6.65. The van der Waals surface area contributed by atoms with Crippen molar-refractivity contribution < 1.29 is 17.9 Å². The van der Waals surface area contributed by atoms with Gasteiger partial charge in [0.15, 0.2) is 9.84 Å². The topological polar surface area (TPSA) is 81.5 Å². The van der Waals surface area contributed by atoms with Crippen LogP contribution in [0.1, 0.15) is 37.2 Å². The fraction of sp³-hybridized carbons (Fsp3) is 0.778. The number of carbonyl (C=O) groups excluding carboxylic acids is 1. The average molecular weight is 386 g/mol. The molecular formula is C18H31N3O4S. The largest absolute Gasteiger partial charge is 0.383 e. The van der Waals surface area contributed by atoms with Crippen LogP contribution in [-0.2, 0) is 32.3 Å². The summed E-state index contributed by atoms with van der Waals surface area (Å²) in [5, 5.41) is 4.57. The molecule has 0 spiro atoms. The van der Waals surface area contributed by atoms with Crippen LogP contribution < -0.4 is 0 Å². The summed E-state index contributed by atoms with van der Waals surface area (Å²) in [4.78, 5) is 14.7. The molecule has 0 aromatic carbocycles. The molecule has 0 N–H and O–H groups in total. The van der Waals surface area contributed by atoms with Crippen LogP contribution >= 0.6 is 0 Å². The van der Waals surface area contributed by atoms with Gasteiger partial charge in [0, 0.05) is 37.5 Å². The van der Waals surface area contributed by atoms with E-state index >= 15 is 0 Å². The van der Waals surface area contributed by atoms with Gasteiger partial charge >= 0.3 is 0 Å². The molecule has 1 fully saturated rings. The van der Waals surface area contributed by atoms with Gasteiger partial charge in [-0.15, -0.1) is 0 Å². The highest BCUT2D eigenvalue weighted by atomic mass is 32.2. The fourth-order valence-electron chi connectivity index (χ4n) is 3.49. The van der Waals surface area contributed by atoms with E-state index in [0.717, 1.165) is 23.5 Å². The summed E-state index contributed by atoms with van der Waals surface area (Å²) < 4.78 is 30.7. The Labute approximate surface area is 156 Å². The van der Waals surface area contributed by atoms with Crippen LogP contribution in [0.3, 0.4) is 0 Å². The normalized spacial score (nSPS) is 19.2. The Kier molecular flexibility index (Phi) is 6.85. The summed E-state index contributed by atoms with van der Waals surface area (Å²) in [7, 11) is -1.47. The van der Waals surface area contributed by atoms with Gasteiger partial charge in [-0.25, -0.2) is 8.42 Å². The smallest absolute Gasteiger partial charge is 0.227 e. The van der Waals surface area contributed by atoms with Gasteiger partial charge in [0.05, 0.1) is 30.2 Å². The molecule has 148 valence electrons. The zero-order chi connectivity index (χ0) is 19.5. The zero-order valence-corrected chi connectivity index (χ0v) is 17.3. The summed E-state index contributed by atoms with van der Waals surface area (Å²) in [5.41, 5.74) is 2.82. The first-order valence-corrected chi connectivity index (χ1v) is 11.0. The second-order valence-electron chi connectivity index (χ2n) is 7.54. The van der Waals surface area contributed by atoms with Crippen molar-refractivity contribution in [1.29, 1.82) is 0 Å². The van der Waals surface area contributed by atoms with Crippen molar-refractivity contribution in [2.75, 3.05) is 31.8 Å². The Bertz CT molecular complexity index is 740.